The fourth-order valence-electron chi connectivity index (χ4n) is 1.78. The van der Waals surface area contributed by atoms with Gasteiger partial charge in [0.15, 0.2) is 0 Å². The topological polar surface area (TPSA) is 24.9 Å². The van der Waals surface area contributed by atoms with E-state index in [4.69, 9.17) is 0 Å². The lowest BCUT2D eigenvalue weighted by Gasteiger charge is -2.38. The molecule has 14 heavy (non-hydrogen) atoms. The van der Waals surface area contributed by atoms with E-state index in [2.05, 4.69) is 39.2 Å². The second-order valence-corrected chi connectivity index (χ2v) is 5.33. The highest BCUT2D eigenvalue weighted by Crippen LogP contribution is 2.40. The maximum Gasteiger partial charge on any atom is 0.0538 e. The van der Waals surface area contributed by atoms with Crippen LogP contribution in [0.25, 0.3) is 0 Å². The Labute approximate surface area is 93.3 Å². The van der Waals surface area contributed by atoms with E-state index < -0.39 is 0 Å². The molecule has 0 aromatic carbocycles. The Bertz CT molecular complexity index is 321. The van der Waals surface area contributed by atoms with Crippen molar-refractivity contribution in [1.82, 2.24) is 4.98 Å². The van der Waals surface area contributed by atoms with Crippen LogP contribution in [0.2, 0.25) is 0 Å². The van der Waals surface area contributed by atoms with Crippen molar-refractivity contribution in [2.45, 2.75) is 26.2 Å². The van der Waals surface area contributed by atoms with Crippen LogP contribution in [-0.2, 0) is 0 Å². The van der Waals surface area contributed by atoms with E-state index in [0.717, 1.165) is 16.7 Å². The summed E-state index contributed by atoms with van der Waals surface area (Å²) in [6.45, 7) is 3.40. The highest BCUT2D eigenvalue weighted by Gasteiger charge is 2.31. The highest BCUT2D eigenvalue weighted by molar-refractivity contribution is 9.10. The summed E-state index contributed by atoms with van der Waals surface area (Å²) in [5, 5.41) is 3.44. The molecule has 1 heterocycles. The Morgan fingerprint density at radius 2 is 2.29 bits per heavy atom. The minimum atomic E-state index is 0.516. The van der Waals surface area contributed by atoms with Crippen molar-refractivity contribution in [2.24, 2.45) is 5.41 Å². The predicted octanol–water partition coefficient (Wildman–Crippen LogP) is 3.45. The van der Waals surface area contributed by atoms with E-state index in [1.165, 1.54) is 19.3 Å². The number of hydrogen-bond donors (Lipinski definition) is 1. The van der Waals surface area contributed by atoms with Gasteiger partial charge in [0.25, 0.3) is 0 Å². The summed E-state index contributed by atoms with van der Waals surface area (Å²) in [6, 6.07) is 2.06. The summed E-state index contributed by atoms with van der Waals surface area (Å²) in [5.41, 5.74) is 1.62. The zero-order valence-corrected chi connectivity index (χ0v) is 9.97. The summed E-state index contributed by atoms with van der Waals surface area (Å²) in [5.74, 6) is 0. The number of nitrogens with zero attached hydrogens (tertiary/aromatic N) is 1. The number of anilines is 1. The van der Waals surface area contributed by atoms with Crippen molar-refractivity contribution >= 4 is 21.6 Å². The van der Waals surface area contributed by atoms with Gasteiger partial charge in [0.2, 0.25) is 0 Å². The summed E-state index contributed by atoms with van der Waals surface area (Å²) in [4.78, 5) is 4.12. The smallest absolute Gasteiger partial charge is 0.0538 e. The summed E-state index contributed by atoms with van der Waals surface area (Å²) in [7, 11) is 0. The Kier molecular flexibility index (Phi) is 2.77. The molecule has 0 saturated heterocycles. The first-order chi connectivity index (χ1) is 6.68. The van der Waals surface area contributed by atoms with Gasteiger partial charge in [-0.15, -0.1) is 0 Å². The third kappa shape index (κ3) is 2.27. The van der Waals surface area contributed by atoms with Crippen molar-refractivity contribution in [1.29, 1.82) is 0 Å². The SMILES string of the molecule is CC1(CNc2cncc(Br)c2)CCC1. The molecule has 0 unspecified atom stereocenters. The number of pyridine rings is 1. The molecule has 1 aromatic heterocycles. The Balaban J connectivity index is 1.91. The lowest BCUT2D eigenvalue weighted by atomic mass is 9.70. The third-order valence-electron chi connectivity index (χ3n) is 2.98. The van der Waals surface area contributed by atoms with Gasteiger partial charge in [0, 0.05) is 17.2 Å². The molecule has 0 atom stereocenters. The fraction of sp³-hybridized carbons (Fsp3) is 0.545. The number of hydrogen-bond acceptors (Lipinski definition) is 2. The van der Waals surface area contributed by atoms with Crippen LogP contribution in [0.15, 0.2) is 22.9 Å². The van der Waals surface area contributed by atoms with Gasteiger partial charge in [-0.3, -0.25) is 4.98 Å². The standard InChI is InChI=1S/C11H15BrN2/c1-11(3-2-4-11)8-14-10-5-9(12)6-13-7-10/h5-7,14H,2-4,8H2,1H3. The first kappa shape index (κ1) is 9.97. The first-order valence-corrected chi connectivity index (χ1v) is 5.82. The number of halogens is 1. The van der Waals surface area contributed by atoms with Crippen LogP contribution in [0, 0.1) is 5.41 Å². The maximum atomic E-state index is 4.12. The molecule has 2 nitrogen and oxygen atoms in total. The van der Waals surface area contributed by atoms with E-state index in [0.29, 0.717) is 5.41 Å². The van der Waals surface area contributed by atoms with E-state index in [9.17, 15) is 0 Å². The minimum absolute atomic E-state index is 0.516. The predicted molar refractivity (Wildman–Crippen MR) is 62.4 cm³/mol. The quantitative estimate of drug-likeness (QED) is 0.894. The highest BCUT2D eigenvalue weighted by atomic mass is 79.9. The van der Waals surface area contributed by atoms with E-state index in [-0.39, 0.29) is 0 Å². The lowest BCUT2D eigenvalue weighted by molar-refractivity contribution is 0.180. The maximum absolute atomic E-state index is 4.12. The first-order valence-electron chi connectivity index (χ1n) is 5.02. The second-order valence-electron chi connectivity index (χ2n) is 4.41. The Hall–Kier alpha value is -0.570. The molecule has 0 radical (unpaired) electrons. The zero-order chi connectivity index (χ0) is 10.0. The van der Waals surface area contributed by atoms with Crippen LogP contribution in [-0.4, -0.2) is 11.5 Å². The molecular weight excluding hydrogens is 240 g/mol. The largest absolute Gasteiger partial charge is 0.383 e. The molecule has 0 aliphatic heterocycles. The molecule has 0 spiro atoms. The average Bonchev–Trinajstić information content (AvgIpc) is 2.12. The number of nitrogens with one attached hydrogen (secondary N) is 1. The molecule has 1 N–H and O–H groups in total. The van der Waals surface area contributed by atoms with Gasteiger partial charge in [-0.2, -0.15) is 0 Å². The molecule has 1 saturated carbocycles. The lowest BCUT2D eigenvalue weighted by Crippen LogP contribution is -2.33. The van der Waals surface area contributed by atoms with Gasteiger partial charge in [-0.1, -0.05) is 13.3 Å². The van der Waals surface area contributed by atoms with Crippen molar-refractivity contribution in [3.05, 3.63) is 22.9 Å². The van der Waals surface area contributed by atoms with Crippen molar-refractivity contribution in [3.8, 4) is 0 Å². The van der Waals surface area contributed by atoms with E-state index in [1.54, 1.807) is 6.20 Å². The van der Waals surface area contributed by atoms with Gasteiger partial charge in [-0.05, 0) is 40.3 Å². The molecule has 1 aliphatic carbocycles. The van der Waals surface area contributed by atoms with Crippen LogP contribution in [0.3, 0.4) is 0 Å². The number of rotatable bonds is 3. The summed E-state index contributed by atoms with van der Waals surface area (Å²) in [6.07, 6.45) is 7.75. The van der Waals surface area contributed by atoms with Gasteiger partial charge >= 0.3 is 0 Å². The minimum Gasteiger partial charge on any atom is -0.383 e. The average molecular weight is 255 g/mol. The molecule has 0 amide bonds. The van der Waals surface area contributed by atoms with Crippen molar-refractivity contribution < 1.29 is 0 Å². The molecule has 1 aliphatic rings. The second kappa shape index (κ2) is 3.89. The summed E-state index contributed by atoms with van der Waals surface area (Å²) >= 11 is 3.41. The molecule has 1 fully saturated rings. The normalized spacial score (nSPS) is 18.7. The van der Waals surface area contributed by atoms with Gasteiger partial charge in [-0.25, -0.2) is 0 Å². The van der Waals surface area contributed by atoms with E-state index in [1.807, 2.05) is 6.20 Å². The zero-order valence-electron chi connectivity index (χ0n) is 8.39. The summed E-state index contributed by atoms with van der Waals surface area (Å²) < 4.78 is 1.03. The molecule has 1 aromatic rings. The Morgan fingerprint density at radius 3 is 2.86 bits per heavy atom. The van der Waals surface area contributed by atoms with Gasteiger partial charge < -0.3 is 5.32 Å². The Morgan fingerprint density at radius 1 is 1.50 bits per heavy atom. The molecule has 0 bridgehead atoms. The van der Waals surface area contributed by atoms with Gasteiger partial charge in [0.1, 0.15) is 0 Å². The molecule has 76 valence electrons. The molecular formula is C11H15BrN2. The monoisotopic (exact) mass is 254 g/mol. The van der Waals surface area contributed by atoms with Crippen LogP contribution in [0.5, 0.6) is 0 Å². The van der Waals surface area contributed by atoms with Gasteiger partial charge in [0.05, 0.1) is 11.9 Å². The molecule has 3 heteroatoms. The van der Waals surface area contributed by atoms with Crippen molar-refractivity contribution in [3.63, 3.8) is 0 Å². The van der Waals surface area contributed by atoms with Crippen LogP contribution >= 0.6 is 15.9 Å². The third-order valence-corrected chi connectivity index (χ3v) is 3.42. The van der Waals surface area contributed by atoms with Crippen LogP contribution in [0.1, 0.15) is 26.2 Å². The number of aromatic nitrogens is 1. The van der Waals surface area contributed by atoms with Crippen molar-refractivity contribution in [2.75, 3.05) is 11.9 Å². The van der Waals surface area contributed by atoms with Crippen LogP contribution < -0.4 is 5.32 Å². The molecule has 2 rings (SSSR count). The fourth-order valence-corrected chi connectivity index (χ4v) is 2.15. The van der Waals surface area contributed by atoms with E-state index >= 15 is 0 Å². The van der Waals surface area contributed by atoms with Crippen LogP contribution in [0.4, 0.5) is 5.69 Å².